The number of thioether (sulfide) groups is 1. The smallest absolute Gasteiger partial charge is 0.240 e. The Balaban J connectivity index is 1.62. The number of halogens is 1. The third kappa shape index (κ3) is 5.41. The molecule has 0 radical (unpaired) electrons. The van der Waals surface area contributed by atoms with Crippen molar-refractivity contribution in [2.45, 2.75) is 16.6 Å². The highest BCUT2D eigenvalue weighted by Gasteiger charge is 2.32. The van der Waals surface area contributed by atoms with Crippen LogP contribution in [0.2, 0.25) is 0 Å². The van der Waals surface area contributed by atoms with E-state index in [1.165, 1.54) is 12.1 Å². The Morgan fingerprint density at radius 2 is 1.82 bits per heavy atom. The van der Waals surface area contributed by atoms with E-state index < -0.39 is 15.4 Å². The van der Waals surface area contributed by atoms with E-state index >= 15 is 0 Å². The van der Waals surface area contributed by atoms with Crippen molar-refractivity contribution in [3.8, 4) is 0 Å². The first-order valence-corrected chi connectivity index (χ1v) is 11.0. The molecular weight excluding hydrogens is 470 g/mol. The minimum atomic E-state index is -4.53. The van der Waals surface area contributed by atoms with Gasteiger partial charge in [-0.2, -0.15) is 0 Å². The van der Waals surface area contributed by atoms with Gasteiger partial charge >= 0.3 is 0 Å². The van der Waals surface area contributed by atoms with Crippen LogP contribution in [0.5, 0.6) is 0 Å². The van der Waals surface area contributed by atoms with E-state index in [4.69, 9.17) is 0 Å². The molecule has 0 saturated carbocycles. The van der Waals surface area contributed by atoms with Crippen LogP contribution < -0.4 is 10.6 Å². The summed E-state index contributed by atoms with van der Waals surface area (Å²) in [7, 11) is -4.53. The summed E-state index contributed by atoms with van der Waals surface area (Å²) in [6, 6.07) is 12.1. The van der Waals surface area contributed by atoms with E-state index in [0.717, 1.165) is 28.4 Å². The Morgan fingerprint density at radius 1 is 1.18 bits per heavy atom. The lowest BCUT2D eigenvalue weighted by Gasteiger charge is -2.07. The Hall–Kier alpha value is -2.21. The summed E-state index contributed by atoms with van der Waals surface area (Å²) in [5, 5.41) is 4.97. The minimum absolute atomic E-state index is 0.0288. The van der Waals surface area contributed by atoms with Gasteiger partial charge in [0.1, 0.15) is 15.4 Å². The Labute approximate surface area is 173 Å². The number of amides is 2. The second-order valence-corrected chi connectivity index (χ2v) is 9.21. The van der Waals surface area contributed by atoms with Crippen molar-refractivity contribution in [3.63, 3.8) is 0 Å². The first kappa shape index (κ1) is 20.5. The molecule has 1 aliphatic heterocycles. The highest BCUT2D eigenvalue weighted by Crippen LogP contribution is 2.26. The summed E-state index contributed by atoms with van der Waals surface area (Å²) in [5.74, 6) is -0.644. The molecule has 1 fully saturated rings. The average Bonchev–Trinajstić information content (AvgIpc) is 2.95. The molecule has 1 unspecified atom stereocenters. The SMILES string of the molecule is O=C(CC1SC(=Nc2ccc(S(=O)(=O)[O-])cc2)NC1=O)Nc1ccc(Br)cc1. The molecule has 1 aliphatic rings. The zero-order valence-electron chi connectivity index (χ0n) is 14.1. The number of hydrogen-bond acceptors (Lipinski definition) is 7. The van der Waals surface area contributed by atoms with Gasteiger partial charge in [-0.05, 0) is 48.5 Å². The number of benzene rings is 2. The molecule has 0 aromatic heterocycles. The summed E-state index contributed by atoms with van der Waals surface area (Å²) in [6.07, 6.45) is -0.0288. The predicted molar refractivity (Wildman–Crippen MR) is 108 cm³/mol. The minimum Gasteiger partial charge on any atom is -0.744 e. The normalized spacial score (nSPS) is 18.1. The predicted octanol–water partition coefficient (Wildman–Crippen LogP) is 2.60. The fourth-order valence-electron chi connectivity index (χ4n) is 2.31. The second kappa shape index (κ2) is 8.43. The Bertz CT molecular complexity index is 1040. The highest BCUT2D eigenvalue weighted by atomic mass is 79.9. The van der Waals surface area contributed by atoms with Gasteiger partial charge in [-0.15, -0.1) is 0 Å². The van der Waals surface area contributed by atoms with Gasteiger partial charge < -0.3 is 15.2 Å². The lowest BCUT2D eigenvalue weighted by Crippen LogP contribution is -2.28. The molecule has 1 atom stereocenters. The molecule has 1 heterocycles. The number of nitrogens with zero attached hydrogens (tertiary/aromatic N) is 1. The van der Waals surface area contributed by atoms with Crippen LogP contribution in [0.15, 0.2) is 62.9 Å². The van der Waals surface area contributed by atoms with Crippen LogP contribution >= 0.6 is 27.7 Å². The molecule has 0 spiro atoms. The van der Waals surface area contributed by atoms with Crippen LogP contribution in [0.25, 0.3) is 0 Å². The molecule has 3 rings (SSSR count). The van der Waals surface area contributed by atoms with Crippen LogP contribution in [0.3, 0.4) is 0 Å². The van der Waals surface area contributed by atoms with Gasteiger partial charge in [0.05, 0.1) is 10.6 Å². The molecule has 0 bridgehead atoms. The number of amidine groups is 1. The summed E-state index contributed by atoms with van der Waals surface area (Å²) < 4.78 is 33.7. The van der Waals surface area contributed by atoms with Gasteiger partial charge in [0.25, 0.3) is 0 Å². The van der Waals surface area contributed by atoms with Crippen molar-refractivity contribution in [1.29, 1.82) is 0 Å². The number of anilines is 1. The maximum Gasteiger partial charge on any atom is 0.240 e. The van der Waals surface area contributed by atoms with Crippen molar-refractivity contribution in [2.75, 3.05) is 5.32 Å². The zero-order valence-corrected chi connectivity index (χ0v) is 17.3. The van der Waals surface area contributed by atoms with E-state index in [2.05, 4.69) is 31.6 Å². The van der Waals surface area contributed by atoms with Crippen molar-refractivity contribution in [2.24, 2.45) is 4.99 Å². The number of carbonyl (C=O) groups excluding carboxylic acids is 2. The van der Waals surface area contributed by atoms with Crippen molar-refractivity contribution >= 4 is 66.2 Å². The molecule has 2 aromatic rings. The lowest BCUT2D eigenvalue weighted by atomic mass is 10.2. The van der Waals surface area contributed by atoms with E-state index in [1.807, 2.05) is 0 Å². The van der Waals surface area contributed by atoms with Gasteiger partial charge in [0.15, 0.2) is 5.17 Å². The van der Waals surface area contributed by atoms with E-state index in [-0.39, 0.29) is 23.1 Å². The maximum atomic E-state index is 12.2. The molecule has 28 heavy (non-hydrogen) atoms. The van der Waals surface area contributed by atoms with Gasteiger partial charge in [0, 0.05) is 16.6 Å². The highest BCUT2D eigenvalue weighted by molar-refractivity contribution is 9.10. The first-order valence-electron chi connectivity index (χ1n) is 7.88. The molecule has 1 saturated heterocycles. The van der Waals surface area contributed by atoms with Crippen LogP contribution in [0, 0.1) is 0 Å². The van der Waals surface area contributed by atoms with Crippen LogP contribution in [0.4, 0.5) is 11.4 Å². The molecule has 0 aliphatic carbocycles. The third-order valence-electron chi connectivity index (χ3n) is 3.63. The monoisotopic (exact) mass is 482 g/mol. The van der Waals surface area contributed by atoms with Gasteiger partial charge in [-0.25, -0.2) is 13.4 Å². The largest absolute Gasteiger partial charge is 0.744 e. The standard InChI is InChI=1S/C17H14BrN3O5S2/c18-10-1-3-11(4-2-10)19-15(22)9-14-16(23)21-17(27-14)20-12-5-7-13(8-6-12)28(24,25)26/h1-8,14H,9H2,(H,19,22)(H,20,21,23)(H,24,25,26)/p-1. The summed E-state index contributed by atoms with van der Waals surface area (Å²) in [6.45, 7) is 0. The number of nitrogens with one attached hydrogen (secondary N) is 2. The van der Waals surface area contributed by atoms with Gasteiger partial charge in [-0.1, -0.05) is 27.7 Å². The fraction of sp³-hybridized carbons (Fsp3) is 0.118. The van der Waals surface area contributed by atoms with E-state index in [9.17, 15) is 22.6 Å². The molecule has 146 valence electrons. The fourth-order valence-corrected chi connectivity index (χ4v) is 4.03. The Kier molecular flexibility index (Phi) is 6.18. The van der Waals surface area contributed by atoms with E-state index in [0.29, 0.717) is 16.5 Å². The number of hydrogen-bond donors (Lipinski definition) is 2. The molecule has 2 aromatic carbocycles. The van der Waals surface area contributed by atoms with Crippen LogP contribution in [0.1, 0.15) is 6.42 Å². The summed E-state index contributed by atoms with van der Waals surface area (Å²) >= 11 is 4.42. The average molecular weight is 483 g/mol. The van der Waals surface area contributed by atoms with Crippen molar-refractivity contribution in [1.82, 2.24) is 5.32 Å². The molecule has 11 heteroatoms. The second-order valence-electron chi connectivity index (χ2n) is 5.72. The number of aliphatic imine (C=N–C) groups is 1. The molecule has 2 N–H and O–H groups in total. The van der Waals surface area contributed by atoms with Gasteiger partial charge in [0.2, 0.25) is 11.8 Å². The number of rotatable bonds is 5. The summed E-state index contributed by atoms with van der Waals surface area (Å²) in [5.41, 5.74) is 0.995. The summed E-state index contributed by atoms with van der Waals surface area (Å²) in [4.78, 5) is 28.1. The quantitative estimate of drug-likeness (QED) is 0.630. The van der Waals surface area contributed by atoms with Crippen molar-refractivity contribution < 1.29 is 22.6 Å². The lowest BCUT2D eigenvalue weighted by molar-refractivity contribution is -0.122. The van der Waals surface area contributed by atoms with E-state index in [1.54, 1.807) is 24.3 Å². The van der Waals surface area contributed by atoms with Crippen LogP contribution in [-0.2, 0) is 19.7 Å². The zero-order chi connectivity index (χ0) is 20.3. The molecular formula is C17H13BrN3O5S2-. The van der Waals surface area contributed by atoms with Crippen LogP contribution in [-0.4, -0.2) is 35.2 Å². The molecule has 2 amide bonds. The Morgan fingerprint density at radius 3 is 2.43 bits per heavy atom. The van der Waals surface area contributed by atoms with Gasteiger partial charge in [-0.3, -0.25) is 9.59 Å². The first-order chi connectivity index (χ1) is 13.2. The number of carbonyl (C=O) groups is 2. The molecule has 8 nitrogen and oxygen atoms in total. The maximum absolute atomic E-state index is 12.2. The third-order valence-corrected chi connectivity index (χ3v) is 6.09. The topological polar surface area (TPSA) is 128 Å². The van der Waals surface area contributed by atoms with Crippen molar-refractivity contribution in [3.05, 3.63) is 53.0 Å².